The number of hydrogen-bond donors (Lipinski definition) is 2. The van der Waals surface area contributed by atoms with Crippen LogP contribution in [0.15, 0.2) is 0 Å². The molecule has 2 rings (SSSR count). The van der Waals surface area contributed by atoms with Crippen molar-refractivity contribution in [2.24, 2.45) is 11.7 Å². The van der Waals surface area contributed by atoms with Gasteiger partial charge in [0, 0.05) is 24.7 Å². The molecular weight excluding hydrogens is 290 g/mol. The summed E-state index contributed by atoms with van der Waals surface area (Å²) < 4.78 is 24.7. The van der Waals surface area contributed by atoms with E-state index in [1.807, 2.05) is 6.92 Å². The van der Waals surface area contributed by atoms with Crippen LogP contribution in [0.25, 0.3) is 0 Å². The Morgan fingerprint density at radius 3 is 2.62 bits per heavy atom. The fraction of sp³-hybridized carbons (Fsp3) is 0.929. The molecule has 1 amide bonds. The quantitative estimate of drug-likeness (QED) is 0.790. The second kappa shape index (κ2) is 6.22. The van der Waals surface area contributed by atoms with E-state index in [0.29, 0.717) is 13.1 Å². The summed E-state index contributed by atoms with van der Waals surface area (Å²) in [5.74, 6) is -0.181. The number of carbonyl (C=O) groups excluding carboxylic acids is 1. The van der Waals surface area contributed by atoms with E-state index in [0.717, 1.165) is 38.5 Å². The minimum atomic E-state index is -3.18. The van der Waals surface area contributed by atoms with E-state index in [2.05, 4.69) is 5.32 Å². The molecule has 6 nitrogen and oxygen atoms in total. The SMILES string of the molecule is CC1(N)CCCCC1C(=O)NC1CCCN(S(C)(=O)=O)C1. The Labute approximate surface area is 127 Å². The number of nitrogens with two attached hydrogens (primary N) is 1. The lowest BCUT2D eigenvalue weighted by atomic mass is 9.74. The van der Waals surface area contributed by atoms with Crippen molar-refractivity contribution in [1.29, 1.82) is 0 Å². The predicted molar refractivity (Wildman–Crippen MR) is 82.1 cm³/mol. The van der Waals surface area contributed by atoms with Gasteiger partial charge in [0.05, 0.1) is 12.2 Å². The molecule has 1 saturated heterocycles. The molecule has 2 aliphatic rings. The fourth-order valence-electron chi connectivity index (χ4n) is 3.45. The first-order chi connectivity index (χ1) is 9.70. The Morgan fingerprint density at radius 1 is 1.29 bits per heavy atom. The highest BCUT2D eigenvalue weighted by Gasteiger charge is 2.39. The van der Waals surface area contributed by atoms with Gasteiger partial charge < -0.3 is 11.1 Å². The molecule has 3 atom stereocenters. The van der Waals surface area contributed by atoms with Gasteiger partial charge >= 0.3 is 0 Å². The molecular formula is C14H27N3O3S. The standard InChI is InChI=1S/C14H27N3O3S/c1-14(15)8-4-3-7-12(14)13(18)16-11-6-5-9-17(10-11)21(2,19)20/h11-12H,3-10,15H2,1-2H3,(H,16,18). The number of piperidine rings is 1. The normalized spacial score (nSPS) is 35.4. The zero-order chi connectivity index (χ0) is 15.7. The molecule has 7 heteroatoms. The van der Waals surface area contributed by atoms with Crippen LogP contribution in [-0.2, 0) is 14.8 Å². The van der Waals surface area contributed by atoms with Gasteiger partial charge in [-0.1, -0.05) is 12.8 Å². The first kappa shape index (κ1) is 16.7. The van der Waals surface area contributed by atoms with Gasteiger partial charge in [-0.2, -0.15) is 0 Å². The van der Waals surface area contributed by atoms with Gasteiger partial charge in [0.15, 0.2) is 0 Å². The maximum atomic E-state index is 12.5. The number of amides is 1. The molecule has 1 aliphatic carbocycles. The maximum Gasteiger partial charge on any atom is 0.225 e. The lowest BCUT2D eigenvalue weighted by Gasteiger charge is -2.39. The van der Waals surface area contributed by atoms with Crippen LogP contribution in [0.4, 0.5) is 0 Å². The van der Waals surface area contributed by atoms with Gasteiger partial charge in [-0.15, -0.1) is 0 Å². The third-order valence-electron chi connectivity index (χ3n) is 4.77. The zero-order valence-electron chi connectivity index (χ0n) is 13.0. The summed E-state index contributed by atoms with van der Waals surface area (Å²) in [6.45, 7) is 2.86. The first-order valence-corrected chi connectivity index (χ1v) is 9.59. The molecule has 0 aromatic carbocycles. The van der Waals surface area contributed by atoms with Crippen LogP contribution in [0.2, 0.25) is 0 Å². The Balaban J connectivity index is 1.96. The van der Waals surface area contributed by atoms with Crippen molar-refractivity contribution >= 4 is 15.9 Å². The summed E-state index contributed by atoms with van der Waals surface area (Å²) in [6.07, 6.45) is 6.61. The number of rotatable bonds is 3. The second-order valence-corrected chi connectivity index (χ2v) is 8.76. The molecule has 0 bridgehead atoms. The van der Waals surface area contributed by atoms with Crippen molar-refractivity contribution < 1.29 is 13.2 Å². The van der Waals surface area contributed by atoms with E-state index < -0.39 is 15.6 Å². The smallest absolute Gasteiger partial charge is 0.225 e. The third kappa shape index (κ3) is 4.17. The minimum Gasteiger partial charge on any atom is -0.352 e. The highest BCUT2D eigenvalue weighted by Crippen LogP contribution is 2.32. The summed E-state index contributed by atoms with van der Waals surface area (Å²) in [6, 6.07) is -0.0984. The van der Waals surface area contributed by atoms with Crippen molar-refractivity contribution in [1.82, 2.24) is 9.62 Å². The third-order valence-corrected chi connectivity index (χ3v) is 6.04. The summed E-state index contributed by atoms with van der Waals surface area (Å²) in [5, 5.41) is 3.02. The van der Waals surface area contributed by atoms with E-state index in [9.17, 15) is 13.2 Å². The van der Waals surface area contributed by atoms with Crippen LogP contribution in [0.5, 0.6) is 0 Å². The molecule has 0 radical (unpaired) electrons. The monoisotopic (exact) mass is 317 g/mol. The van der Waals surface area contributed by atoms with Gasteiger partial charge in [0.2, 0.25) is 15.9 Å². The summed E-state index contributed by atoms with van der Waals surface area (Å²) in [4.78, 5) is 12.5. The molecule has 3 unspecified atom stereocenters. The van der Waals surface area contributed by atoms with Crippen LogP contribution in [0.1, 0.15) is 45.4 Å². The van der Waals surface area contributed by atoms with Gasteiger partial charge in [0.25, 0.3) is 0 Å². The van der Waals surface area contributed by atoms with Crippen molar-refractivity contribution in [2.45, 2.75) is 57.0 Å². The Morgan fingerprint density at radius 2 is 2.00 bits per heavy atom. The lowest BCUT2D eigenvalue weighted by molar-refractivity contribution is -0.129. The predicted octanol–water partition coefficient (Wildman–Crippen LogP) is 0.434. The van der Waals surface area contributed by atoms with Gasteiger partial charge in [0.1, 0.15) is 0 Å². The van der Waals surface area contributed by atoms with Gasteiger partial charge in [-0.05, 0) is 32.6 Å². The number of nitrogens with zero attached hydrogens (tertiary/aromatic N) is 1. The van der Waals surface area contributed by atoms with E-state index in [-0.39, 0.29) is 17.9 Å². The number of nitrogens with one attached hydrogen (secondary N) is 1. The fourth-order valence-corrected chi connectivity index (χ4v) is 4.36. The molecule has 3 N–H and O–H groups in total. The number of hydrogen-bond acceptors (Lipinski definition) is 4. The van der Waals surface area contributed by atoms with Crippen LogP contribution >= 0.6 is 0 Å². The van der Waals surface area contributed by atoms with E-state index in [1.165, 1.54) is 10.6 Å². The van der Waals surface area contributed by atoms with Crippen LogP contribution in [-0.4, -0.2) is 49.6 Å². The van der Waals surface area contributed by atoms with Crippen LogP contribution in [0.3, 0.4) is 0 Å². The second-order valence-electron chi connectivity index (χ2n) is 6.77. The van der Waals surface area contributed by atoms with E-state index >= 15 is 0 Å². The highest BCUT2D eigenvalue weighted by molar-refractivity contribution is 7.88. The molecule has 21 heavy (non-hydrogen) atoms. The molecule has 0 aromatic rings. The van der Waals surface area contributed by atoms with Crippen LogP contribution in [0, 0.1) is 5.92 Å². The molecule has 1 saturated carbocycles. The average Bonchev–Trinajstić information content (AvgIpc) is 2.37. The largest absolute Gasteiger partial charge is 0.352 e. The van der Waals surface area contributed by atoms with E-state index in [4.69, 9.17) is 5.73 Å². The molecule has 0 aromatic heterocycles. The summed E-state index contributed by atoms with van der Waals surface area (Å²) in [5.41, 5.74) is 5.81. The number of sulfonamides is 1. The minimum absolute atomic E-state index is 0.0138. The van der Waals surface area contributed by atoms with Gasteiger partial charge in [-0.25, -0.2) is 12.7 Å². The van der Waals surface area contributed by atoms with Crippen molar-refractivity contribution in [3.63, 3.8) is 0 Å². The van der Waals surface area contributed by atoms with Gasteiger partial charge in [-0.3, -0.25) is 4.79 Å². The topological polar surface area (TPSA) is 92.5 Å². The maximum absolute atomic E-state index is 12.5. The molecule has 2 fully saturated rings. The van der Waals surface area contributed by atoms with Crippen molar-refractivity contribution in [3.05, 3.63) is 0 Å². The first-order valence-electron chi connectivity index (χ1n) is 7.74. The van der Waals surface area contributed by atoms with Crippen molar-refractivity contribution in [2.75, 3.05) is 19.3 Å². The summed E-state index contributed by atoms with van der Waals surface area (Å²) in [7, 11) is -3.18. The molecule has 0 spiro atoms. The Bertz CT molecular complexity index is 490. The zero-order valence-corrected chi connectivity index (χ0v) is 13.8. The molecule has 122 valence electrons. The molecule has 1 heterocycles. The Kier molecular flexibility index (Phi) is 4.95. The molecule has 1 aliphatic heterocycles. The van der Waals surface area contributed by atoms with Crippen molar-refractivity contribution in [3.8, 4) is 0 Å². The summed E-state index contributed by atoms with van der Waals surface area (Å²) >= 11 is 0. The lowest BCUT2D eigenvalue weighted by Crippen LogP contribution is -2.56. The van der Waals surface area contributed by atoms with E-state index in [1.54, 1.807) is 0 Å². The average molecular weight is 317 g/mol. The Hall–Kier alpha value is -0.660. The number of carbonyl (C=O) groups is 1. The highest BCUT2D eigenvalue weighted by atomic mass is 32.2. The van der Waals surface area contributed by atoms with Crippen LogP contribution < -0.4 is 11.1 Å².